The molecule has 10 heavy (non-hydrogen) atoms. The van der Waals surface area contributed by atoms with Crippen molar-refractivity contribution >= 4 is 5.97 Å². The van der Waals surface area contributed by atoms with Gasteiger partial charge >= 0.3 is 5.97 Å². The largest absolute Gasteiger partial charge is 0.438 e. The molecule has 4 heteroatoms. The predicted molar refractivity (Wildman–Crippen MR) is 36.3 cm³/mol. The van der Waals surface area contributed by atoms with Gasteiger partial charge in [0.05, 0.1) is 6.61 Å². The fourth-order valence-corrected chi connectivity index (χ4v) is 0.352. The maximum absolute atomic E-state index is 10.4. The van der Waals surface area contributed by atoms with Crippen LogP contribution in [0.5, 0.6) is 0 Å². The second-order valence-corrected chi connectivity index (χ2v) is 1.68. The van der Waals surface area contributed by atoms with Crippen molar-refractivity contribution in [3.05, 3.63) is 0 Å². The van der Waals surface area contributed by atoms with Crippen molar-refractivity contribution in [1.29, 1.82) is 0 Å². The normalized spacial score (nSPS) is 9.40. The SMILES string of the molecule is CCC(=O)OCOCCN. The lowest BCUT2D eigenvalue weighted by Gasteiger charge is -2.02. The first-order valence-electron chi connectivity index (χ1n) is 3.24. The van der Waals surface area contributed by atoms with Crippen LogP contribution in [0.15, 0.2) is 0 Å². The van der Waals surface area contributed by atoms with Crippen LogP contribution in [0, 0.1) is 0 Å². The Morgan fingerprint density at radius 2 is 2.30 bits per heavy atom. The van der Waals surface area contributed by atoms with E-state index in [4.69, 9.17) is 10.5 Å². The third-order valence-corrected chi connectivity index (χ3v) is 0.854. The van der Waals surface area contributed by atoms with E-state index in [0.717, 1.165) is 0 Å². The summed E-state index contributed by atoms with van der Waals surface area (Å²) >= 11 is 0. The molecule has 0 aliphatic carbocycles. The van der Waals surface area contributed by atoms with E-state index in [2.05, 4.69) is 4.74 Å². The highest BCUT2D eigenvalue weighted by atomic mass is 16.7. The van der Waals surface area contributed by atoms with Gasteiger partial charge in [-0.3, -0.25) is 4.79 Å². The van der Waals surface area contributed by atoms with Gasteiger partial charge in [0.15, 0.2) is 6.79 Å². The predicted octanol–water partition coefficient (Wildman–Crippen LogP) is -0.128. The summed E-state index contributed by atoms with van der Waals surface area (Å²) in [5.74, 6) is -0.253. The number of ether oxygens (including phenoxy) is 2. The monoisotopic (exact) mass is 147 g/mol. The summed E-state index contributed by atoms with van der Waals surface area (Å²) in [6, 6.07) is 0. The fourth-order valence-electron chi connectivity index (χ4n) is 0.352. The molecule has 0 aromatic rings. The van der Waals surface area contributed by atoms with E-state index in [-0.39, 0.29) is 12.8 Å². The topological polar surface area (TPSA) is 61.5 Å². The van der Waals surface area contributed by atoms with E-state index < -0.39 is 0 Å². The Balaban J connectivity index is 2.96. The highest BCUT2D eigenvalue weighted by molar-refractivity contribution is 5.68. The molecule has 0 atom stereocenters. The molecule has 0 spiro atoms. The van der Waals surface area contributed by atoms with Crippen molar-refractivity contribution < 1.29 is 14.3 Å². The van der Waals surface area contributed by atoms with Crippen LogP contribution in [0.3, 0.4) is 0 Å². The molecule has 0 unspecified atom stereocenters. The Kier molecular flexibility index (Phi) is 6.11. The molecule has 0 fully saturated rings. The minimum Gasteiger partial charge on any atom is -0.438 e. The van der Waals surface area contributed by atoms with E-state index in [1.807, 2.05) is 0 Å². The molecule has 0 bridgehead atoms. The average Bonchev–Trinajstić information content (AvgIpc) is 1.98. The lowest BCUT2D eigenvalue weighted by Crippen LogP contribution is -2.12. The van der Waals surface area contributed by atoms with Gasteiger partial charge in [0, 0.05) is 13.0 Å². The van der Waals surface area contributed by atoms with Crippen LogP contribution in [-0.4, -0.2) is 25.9 Å². The smallest absolute Gasteiger partial charge is 0.307 e. The summed E-state index contributed by atoms with van der Waals surface area (Å²) in [5.41, 5.74) is 5.11. The molecule has 0 aromatic carbocycles. The maximum Gasteiger partial charge on any atom is 0.307 e. The van der Waals surface area contributed by atoms with Crippen LogP contribution in [0.25, 0.3) is 0 Å². The summed E-state index contributed by atoms with van der Waals surface area (Å²) in [6.45, 7) is 2.62. The zero-order chi connectivity index (χ0) is 7.82. The number of esters is 1. The van der Waals surface area contributed by atoms with Crippen molar-refractivity contribution in [3.63, 3.8) is 0 Å². The molecule has 2 N–H and O–H groups in total. The quantitative estimate of drug-likeness (QED) is 0.334. The summed E-state index contributed by atoms with van der Waals surface area (Å²) in [6.07, 6.45) is 0.381. The first-order valence-corrected chi connectivity index (χ1v) is 3.24. The Labute approximate surface area is 60.3 Å². The van der Waals surface area contributed by atoms with Crippen LogP contribution in [0.2, 0.25) is 0 Å². The number of hydrogen-bond acceptors (Lipinski definition) is 4. The van der Waals surface area contributed by atoms with E-state index in [9.17, 15) is 4.79 Å². The fraction of sp³-hybridized carbons (Fsp3) is 0.833. The lowest BCUT2D eigenvalue weighted by atomic mass is 10.5. The van der Waals surface area contributed by atoms with Gasteiger partial charge in [-0.2, -0.15) is 0 Å². The van der Waals surface area contributed by atoms with Gasteiger partial charge in [-0.1, -0.05) is 6.92 Å². The first kappa shape index (κ1) is 9.39. The zero-order valence-electron chi connectivity index (χ0n) is 6.13. The van der Waals surface area contributed by atoms with Crippen LogP contribution in [0.4, 0.5) is 0 Å². The number of hydrogen-bond donors (Lipinski definition) is 1. The van der Waals surface area contributed by atoms with Gasteiger partial charge < -0.3 is 15.2 Å². The highest BCUT2D eigenvalue weighted by Gasteiger charge is 1.95. The Morgan fingerprint density at radius 1 is 1.60 bits per heavy atom. The Bertz CT molecular complexity index is 95.0. The highest BCUT2D eigenvalue weighted by Crippen LogP contribution is 1.83. The zero-order valence-corrected chi connectivity index (χ0v) is 6.13. The minimum absolute atomic E-state index is 0.0177. The lowest BCUT2D eigenvalue weighted by molar-refractivity contribution is -0.155. The number of rotatable bonds is 5. The van der Waals surface area contributed by atoms with Crippen molar-refractivity contribution in [3.8, 4) is 0 Å². The molecule has 0 heterocycles. The van der Waals surface area contributed by atoms with Gasteiger partial charge in [-0.25, -0.2) is 0 Å². The molecule has 0 saturated carbocycles. The minimum atomic E-state index is -0.253. The maximum atomic E-state index is 10.4. The summed E-state index contributed by atoms with van der Waals surface area (Å²) < 4.78 is 9.36. The Hall–Kier alpha value is -0.610. The molecule has 0 rings (SSSR count). The summed E-state index contributed by atoms with van der Waals surface area (Å²) in [7, 11) is 0. The van der Waals surface area contributed by atoms with Gasteiger partial charge in [0.2, 0.25) is 0 Å². The van der Waals surface area contributed by atoms with Crippen molar-refractivity contribution in [2.75, 3.05) is 19.9 Å². The molecular formula is C6H13NO3. The number of carbonyl (C=O) groups excluding carboxylic acids is 1. The van der Waals surface area contributed by atoms with E-state index in [0.29, 0.717) is 19.6 Å². The van der Waals surface area contributed by atoms with Gasteiger partial charge in [-0.05, 0) is 0 Å². The first-order chi connectivity index (χ1) is 4.81. The molecule has 0 saturated heterocycles. The van der Waals surface area contributed by atoms with Crippen LogP contribution in [0.1, 0.15) is 13.3 Å². The van der Waals surface area contributed by atoms with Gasteiger partial charge in [0.1, 0.15) is 0 Å². The second-order valence-electron chi connectivity index (χ2n) is 1.68. The standard InChI is InChI=1S/C6H13NO3/c1-2-6(8)10-5-9-4-3-7/h2-5,7H2,1H3. The molecule has 0 aromatic heterocycles. The van der Waals surface area contributed by atoms with Gasteiger partial charge in [0.25, 0.3) is 0 Å². The molecule has 0 aliphatic heterocycles. The molecule has 0 radical (unpaired) electrons. The molecule has 60 valence electrons. The third kappa shape index (κ3) is 5.53. The Morgan fingerprint density at radius 3 is 2.80 bits per heavy atom. The average molecular weight is 147 g/mol. The number of carbonyl (C=O) groups is 1. The molecule has 4 nitrogen and oxygen atoms in total. The number of nitrogens with two attached hydrogens (primary N) is 1. The second kappa shape index (κ2) is 6.51. The van der Waals surface area contributed by atoms with E-state index in [1.165, 1.54) is 0 Å². The van der Waals surface area contributed by atoms with Crippen LogP contribution >= 0.6 is 0 Å². The molecule has 0 amide bonds. The third-order valence-electron chi connectivity index (χ3n) is 0.854. The molecule has 0 aliphatic rings. The van der Waals surface area contributed by atoms with E-state index >= 15 is 0 Å². The van der Waals surface area contributed by atoms with Gasteiger partial charge in [-0.15, -0.1) is 0 Å². The van der Waals surface area contributed by atoms with Crippen molar-refractivity contribution in [2.45, 2.75) is 13.3 Å². The molecular weight excluding hydrogens is 134 g/mol. The van der Waals surface area contributed by atoms with E-state index in [1.54, 1.807) is 6.92 Å². The summed E-state index contributed by atoms with van der Waals surface area (Å²) in [4.78, 5) is 10.4. The van der Waals surface area contributed by atoms with Crippen LogP contribution in [-0.2, 0) is 14.3 Å². The van der Waals surface area contributed by atoms with Crippen molar-refractivity contribution in [1.82, 2.24) is 0 Å². The van der Waals surface area contributed by atoms with Crippen molar-refractivity contribution in [2.24, 2.45) is 5.73 Å². The summed E-state index contributed by atoms with van der Waals surface area (Å²) in [5, 5.41) is 0. The van der Waals surface area contributed by atoms with Crippen LogP contribution < -0.4 is 5.73 Å².